The first-order chi connectivity index (χ1) is 16.9. The molecule has 0 saturated carbocycles. The summed E-state index contributed by atoms with van der Waals surface area (Å²) in [5, 5.41) is 1.31. The van der Waals surface area contributed by atoms with Crippen LogP contribution in [0, 0.1) is 0 Å². The first-order valence-corrected chi connectivity index (χ1v) is 13.5. The van der Waals surface area contributed by atoms with Crippen LogP contribution in [0.2, 0.25) is 10.0 Å². The number of hydrogen-bond donors (Lipinski definition) is 0. The van der Waals surface area contributed by atoms with Gasteiger partial charge in [0, 0.05) is 42.7 Å². The molecule has 1 unspecified atom stereocenters. The van der Waals surface area contributed by atoms with E-state index in [2.05, 4.69) is 0 Å². The molecule has 2 fully saturated rings. The van der Waals surface area contributed by atoms with Crippen molar-refractivity contribution in [2.24, 2.45) is 0 Å². The van der Waals surface area contributed by atoms with Gasteiger partial charge in [-0.25, -0.2) is 0 Å². The Hall–Kier alpha value is -1.90. The van der Waals surface area contributed by atoms with Crippen LogP contribution in [0.3, 0.4) is 0 Å². The van der Waals surface area contributed by atoms with Gasteiger partial charge >= 0.3 is 0 Å². The van der Waals surface area contributed by atoms with Gasteiger partial charge in [0.2, 0.25) is 5.91 Å². The van der Waals surface area contributed by atoms with Crippen molar-refractivity contribution >= 4 is 69.4 Å². The summed E-state index contributed by atoms with van der Waals surface area (Å²) in [6, 6.07) is 14.8. The van der Waals surface area contributed by atoms with E-state index in [-0.39, 0.29) is 17.9 Å². The zero-order valence-corrected chi connectivity index (χ0v) is 22.3. The molecule has 2 aliphatic rings. The molecule has 9 heteroatoms. The van der Waals surface area contributed by atoms with Gasteiger partial charge in [0.05, 0.1) is 11.0 Å². The molecule has 0 bridgehead atoms. The number of amides is 2. The van der Waals surface area contributed by atoms with Crippen molar-refractivity contribution < 1.29 is 14.3 Å². The maximum atomic E-state index is 13.2. The van der Waals surface area contributed by atoms with E-state index in [0.717, 1.165) is 30.6 Å². The van der Waals surface area contributed by atoms with E-state index in [4.69, 9.17) is 40.2 Å². The van der Waals surface area contributed by atoms with Crippen LogP contribution in [0.5, 0.6) is 0 Å². The summed E-state index contributed by atoms with van der Waals surface area (Å²) in [7, 11) is 0. The Morgan fingerprint density at radius 3 is 2.49 bits per heavy atom. The number of carbonyl (C=O) groups is 2. The molecule has 2 heterocycles. The van der Waals surface area contributed by atoms with Gasteiger partial charge < -0.3 is 9.64 Å². The highest BCUT2D eigenvalue weighted by molar-refractivity contribution is 8.26. The maximum absolute atomic E-state index is 13.2. The smallest absolute Gasteiger partial charge is 0.266 e. The zero-order valence-electron chi connectivity index (χ0n) is 19.1. The summed E-state index contributed by atoms with van der Waals surface area (Å²) in [4.78, 5) is 30.1. The van der Waals surface area contributed by atoms with Crippen molar-refractivity contribution in [3.8, 4) is 0 Å². The minimum Gasteiger partial charge on any atom is -0.376 e. The van der Waals surface area contributed by atoms with Gasteiger partial charge in [-0.1, -0.05) is 71.4 Å². The lowest BCUT2D eigenvalue weighted by Crippen LogP contribution is -2.37. The van der Waals surface area contributed by atoms with Crippen molar-refractivity contribution in [3.05, 3.63) is 74.6 Å². The molecule has 0 aromatic heterocycles. The molecule has 184 valence electrons. The van der Waals surface area contributed by atoms with Crippen LogP contribution < -0.4 is 0 Å². The van der Waals surface area contributed by atoms with Crippen LogP contribution in [0.1, 0.15) is 36.8 Å². The van der Waals surface area contributed by atoms with E-state index < -0.39 is 0 Å². The highest BCUT2D eigenvalue weighted by atomic mass is 35.5. The van der Waals surface area contributed by atoms with Gasteiger partial charge in [-0.2, -0.15) is 0 Å². The summed E-state index contributed by atoms with van der Waals surface area (Å²) < 4.78 is 6.28. The third-order valence-corrected chi connectivity index (χ3v) is 7.78. The van der Waals surface area contributed by atoms with Crippen LogP contribution in [-0.2, 0) is 20.9 Å². The summed E-state index contributed by atoms with van der Waals surface area (Å²) in [6.45, 7) is 2.21. The van der Waals surface area contributed by atoms with E-state index in [0.29, 0.717) is 51.7 Å². The molecule has 2 saturated heterocycles. The Morgan fingerprint density at radius 2 is 1.83 bits per heavy atom. The lowest BCUT2D eigenvalue weighted by atomic mass is 10.1. The Bertz CT molecular complexity index is 1100. The highest BCUT2D eigenvalue weighted by Gasteiger charge is 2.32. The number of rotatable bonds is 9. The Kier molecular flexibility index (Phi) is 9.25. The average Bonchev–Trinajstić information content (AvgIpc) is 3.45. The van der Waals surface area contributed by atoms with Gasteiger partial charge in [-0.15, -0.1) is 0 Å². The lowest BCUT2D eigenvalue weighted by molar-refractivity contribution is -0.134. The monoisotopic (exact) mass is 548 g/mol. The van der Waals surface area contributed by atoms with Gasteiger partial charge in [-0.3, -0.25) is 14.5 Å². The van der Waals surface area contributed by atoms with Crippen LogP contribution >= 0.6 is 47.2 Å². The molecule has 2 amide bonds. The number of hydrogen-bond acceptors (Lipinski definition) is 5. The van der Waals surface area contributed by atoms with Crippen molar-refractivity contribution in [1.29, 1.82) is 0 Å². The third-order valence-electron chi connectivity index (χ3n) is 5.90. The molecule has 4 rings (SSSR count). The van der Waals surface area contributed by atoms with Crippen molar-refractivity contribution in [1.82, 2.24) is 9.80 Å². The van der Waals surface area contributed by atoms with Crippen LogP contribution in [-0.4, -0.2) is 51.7 Å². The van der Waals surface area contributed by atoms with Gasteiger partial charge in [-0.05, 0) is 60.7 Å². The second-order valence-electron chi connectivity index (χ2n) is 8.52. The van der Waals surface area contributed by atoms with Crippen LogP contribution in [0.4, 0.5) is 0 Å². The van der Waals surface area contributed by atoms with Gasteiger partial charge in [0.25, 0.3) is 5.91 Å². The average molecular weight is 550 g/mol. The normalized spacial score (nSPS) is 19.1. The second kappa shape index (κ2) is 12.4. The maximum Gasteiger partial charge on any atom is 0.266 e. The molecule has 2 aromatic rings. The van der Waals surface area contributed by atoms with Crippen LogP contribution in [0.15, 0.2) is 53.4 Å². The zero-order chi connectivity index (χ0) is 24.8. The molecule has 0 aliphatic carbocycles. The molecule has 35 heavy (non-hydrogen) atoms. The molecule has 2 aliphatic heterocycles. The number of benzene rings is 2. The summed E-state index contributed by atoms with van der Waals surface area (Å²) >= 11 is 18.7. The first kappa shape index (κ1) is 26.2. The summed E-state index contributed by atoms with van der Waals surface area (Å²) in [5.74, 6) is -0.0858. The Morgan fingerprint density at radius 1 is 1.14 bits per heavy atom. The standard InChI is InChI=1S/C26H26Cl2N2O3S2/c27-20-9-5-18(6-10-20)15-23-25(32)30(26(34)35-23)13-1-4-24(31)29(17-22-3-2-14-33-22)16-19-7-11-21(28)12-8-19/h5-12,15,22H,1-4,13-14,16-17H2/b23-15-. The number of nitrogens with zero attached hydrogens (tertiary/aromatic N) is 2. The predicted octanol–water partition coefficient (Wildman–Crippen LogP) is 6.18. The van der Waals surface area contributed by atoms with Crippen LogP contribution in [0.25, 0.3) is 6.08 Å². The molecule has 0 spiro atoms. The molecule has 5 nitrogen and oxygen atoms in total. The van der Waals surface area contributed by atoms with Gasteiger partial charge in [0.1, 0.15) is 4.32 Å². The number of thioether (sulfide) groups is 1. The SMILES string of the molecule is O=C(CCCN1C(=O)/C(=C/c2ccc(Cl)cc2)SC1=S)N(Cc1ccc(Cl)cc1)CC1CCCO1. The molecular formula is C26H26Cl2N2O3S2. The first-order valence-electron chi connectivity index (χ1n) is 11.5. The Balaban J connectivity index is 1.34. The molecule has 0 N–H and O–H groups in total. The van der Waals surface area contributed by atoms with E-state index in [9.17, 15) is 9.59 Å². The van der Waals surface area contributed by atoms with Gasteiger partial charge in [0.15, 0.2) is 0 Å². The summed E-state index contributed by atoms with van der Waals surface area (Å²) in [6.07, 6.45) is 4.72. The van der Waals surface area contributed by atoms with E-state index in [1.807, 2.05) is 47.4 Å². The fourth-order valence-electron chi connectivity index (χ4n) is 4.05. The number of ether oxygens (including phenoxy) is 1. The number of halogens is 2. The van der Waals surface area contributed by atoms with Crippen molar-refractivity contribution in [2.75, 3.05) is 19.7 Å². The third kappa shape index (κ3) is 7.30. The summed E-state index contributed by atoms with van der Waals surface area (Å²) in [5.41, 5.74) is 1.90. The van der Waals surface area contributed by atoms with E-state index in [1.54, 1.807) is 17.0 Å². The van der Waals surface area contributed by atoms with Crippen molar-refractivity contribution in [2.45, 2.75) is 38.3 Å². The topological polar surface area (TPSA) is 49.9 Å². The predicted molar refractivity (Wildman–Crippen MR) is 146 cm³/mol. The van der Waals surface area contributed by atoms with E-state index >= 15 is 0 Å². The van der Waals surface area contributed by atoms with E-state index in [1.165, 1.54) is 11.8 Å². The minimum atomic E-state index is -0.125. The fraction of sp³-hybridized carbons (Fsp3) is 0.346. The largest absolute Gasteiger partial charge is 0.376 e. The Labute approximate surface area is 225 Å². The molecule has 0 radical (unpaired) electrons. The quantitative estimate of drug-likeness (QED) is 0.276. The second-order valence-corrected chi connectivity index (χ2v) is 11.1. The number of thiocarbonyl (C=S) groups is 1. The fourth-order valence-corrected chi connectivity index (χ4v) is 5.61. The minimum absolute atomic E-state index is 0.0394. The lowest BCUT2D eigenvalue weighted by Gasteiger charge is -2.26. The molecular weight excluding hydrogens is 523 g/mol. The number of carbonyl (C=O) groups excluding carboxylic acids is 2. The molecule has 1 atom stereocenters. The highest BCUT2D eigenvalue weighted by Crippen LogP contribution is 2.33. The van der Waals surface area contributed by atoms with Crippen molar-refractivity contribution in [3.63, 3.8) is 0 Å². The molecule has 2 aromatic carbocycles.